The van der Waals surface area contributed by atoms with E-state index in [0.717, 1.165) is 11.5 Å². The van der Waals surface area contributed by atoms with Crippen LogP contribution in [0, 0.1) is 0 Å². The van der Waals surface area contributed by atoms with E-state index in [0.29, 0.717) is 6.04 Å². The average molecular weight is 207 g/mol. The van der Waals surface area contributed by atoms with Crippen molar-refractivity contribution in [3.05, 3.63) is 18.3 Å². The van der Waals surface area contributed by atoms with Crippen LogP contribution in [0.4, 0.5) is 11.5 Å². The monoisotopic (exact) mass is 207 g/mol. The van der Waals surface area contributed by atoms with Crippen LogP contribution in [0.15, 0.2) is 18.3 Å². The summed E-state index contributed by atoms with van der Waals surface area (Å²) >= 11 is 0. The summed E-state index contributed by atoms with van der Waals surface area (Å²) in [5.41, 5.74) is 1.11. The Balaban J connectivity index is 2.75. The van der Waals surface area contributed by atoms with E-state index in [1.165, 1.54) is 12.8 Å². The van der Waals surface area contributed by atoms with Gasteiger partial charge in [-0.05, 0) is 25.5 Å². The van der Waals surface area contributed by atoms with Crippen LogP contribution in [0.5, 0.6) is 0 Å². The summed E-state index contributed by atoms with van der Waals surface area (Å²) in [6.07, 6.45) is 4.21. The van der Waals surface area contributed by atoms with Crippen LogP contribution in [0.3, 0.4) is 0 Å². The minimum absolute atomic E-state index is 0.498. The van der Waals surface area contributed by atoms with Gasteiger partial charge in [-0.25, -0.2) is 4.98 Å². The summed E-state index contributed by atoms with van der Waals surface area (Å²) in [5.74, 6) is 1.00. The second-order valence-corrected chi connectivity index (χ2v) is 4.10. The van der Waals surface area contributed by atoms with Crippen molar-refractivity contribution in [1.29, 1.82) is 0 Å². The highest BCUT2D eigenvalue weighted by Gasteiger charge is 2.07. The Morgan fingerprint density at radius 3 is 2.80 bits per heavy atom. The largest absolute Gasteiger partial charge is 0.380 e. The summed E-state index contributed by atoms with van der Waals surface area (Å²) in [7, 11) is 4.02. The lowest BCUT2D eigenvalue weighted by molar-refractivity contribution is 0.690. The van der Waals surface area contributed by atoms with Gasteiger partial charge in [0.15, 0.2) is 5.82 Å². The van der Waals surface area contributed by atoms with Crippen LogP contribution in [0.25, 0.3) is 0 Å². The van der Waals surface area contributed by atoms with Crippen molar-refractivity contribution in [3.63, 3.8) is 0 Å². The normalized spacial score (nSPS) is 12.3. The average Bonchev–Trinajstić information content (AvgIpc) is 2.18. The molecule has 1 aromatic rings. The summed E-state index contributed by atoms with van der Waals surface area (Å²) in [6, 6.07) is 4.54. The number of aromatic nitrogens is 1. The molecule has 3 heteroatoms. The first-order valence-corrected chi connectivity index (χ1v) is 5.54. The maximum absolute atomic E-state index is 4.35. The van der Waals surface area contributed by atoms with Gasteiger partial charge < -0.3 is 10.2 Å². The molecule has 0 aliphatic rings. The van der Waals surface area contributed by atoms with Crippen molar-refractivity contribution in [2.45, 2.75) is 32.7 Å². The number of hydrogen-bond donors (Lipinski definition) is 1. The van der Waals surface area contributed by atoms with E-state index in [1.807, 2.05) is 31.3 Å². The van der Waals surface area contributed by atoms with E-state index in [9.17, 15) is 0 Å². The molecule has 0 spiro atoms. The lowest BCUT2D eigenvalue weighted by atomic mass is 10.2. The van der Waals surface area contributed by atoms with Gasteiger partial charge in [-0.1, -0.05) is 13.3 Å². The van der Waals surface area contributed by atoms with E-state index in [2.05, 4.69) is 30.2 Å². The highest BCUT2D eigenvalue weighted by Crippen LogP contribution is 2.21. The van der Waals surface area contributed by atoms with E-state index in [4.69, 9.17) is 0 Å². The molecule has 1 rings (SSSR count). The molecule has 0 radical (unpaired) electrons. The van der Waals surface area contributed by atoms with Gasteiger partial charge in [0.2, 0.25) is 0 Å². The molecule has 3 nitrogen and oxygen atoms in total. The van der Waals surface area contributed by atoms with Crippen LogP contribution >= 0.6 is 0 Å². The summed E-state index contributed by atoms with van der Waals surface area (Å²) in [5, 5.41) is 3.49. The molecule has 0 saturated carbocycles. The second-order valence-electron chi connectivity index (χ2n) is 4.10. The third-order valence-electron chi connectivity index (χ3n) is 2.33. The Morgan fingerprint density at radius 2 is 2.20 bits per heavy atom. The molecule has 1 aromatic heterocycles. The Bertz CT molecular complexity index is 297. The Hall–Kier alpha value is -1.25. The topological polar surface area (TPSA) is 28.2 Å². The minimum atomic E-state index is 0.498. The maximum atomic E-state index is 4.35. The van der Waals surface area contributed by atoms with E-state index in [1.54, 1.807) is 0 Å². The third kappa shape index (κ3) is 3.42. The molecule has 1 N–H and O–H groups in total. The molecule has 15 heavy (non-hydrogen) atoms. The number of rotatable bonds is 5. The standard InChI is InChI=1S/C12H21N3/c1-5-7-10(2)14-11-8-6-9-13-12(11)15(3)4/h6,8-10,14H,5,7H2,1-4H3. The predicted octanol–water partition coefficient (Wildman–Crippen LogP) is 2.75. The molecule has 0 aliphatic heterocycles. The first-order valence-electron chi connectivity index (χ1n) is 5.54. The van der Waals surface area contributed by atoms with Crippen molar-refractivity contribution in [3.8, 4) is 0 Å². The Morgan fingerprint density at radius 1 is 1.47 bits per heavy atom. The molecule has 0 amide bonds. The fourth-order valence-electron chi connectivity index (χ4n) is 1.64. The van der Waals surface area contributed by atoms with E-state index in [-0.39, 0.29) is 0 Å². The molecule has 1 heterocycles. The Labute approximate surface area is 92.5 Å². The van der Waals surface area contributed by atoms with Crippen molar-refractivity contribution < 1.29 is 0 Å². The molecule has 1 atom stereocenters. The fraction of sp³-hybridized carbons (Fsp3) is 0.583. The van der Waals surface area contributed by atoms with Crippen LogP contribution in [0.2, 0.25) is 0 Å². The van der Waals surface area contributed by atoms with E-state index < -0.39 is 0 Å². The van der Waals surface area contributed by atoms with Crippen molar-refractivity contribution >= 4 is 11.5 Å². The summed E-state index contributed by atoms with van der Waals surface area (Å²) < 4.78 is 0. The van der Waals surface area contributed by atoms with Gasteiger partial charge in [-0.2, -0.15) is 0 Å². The van der Waals surface area contributed by atoms with Gasteiger partial charge in [0.05, 0.1) is 5.69 Å². The van der Waals surface area contributed by atoms with Gasteiger partial charge in [-0.3, -0.25) is 0 Å². The molecule has 0 aliphatic carbocycles. The highest BCUT2D eigenvalue weighted by molar-refractivity contribution is 5.64. The summed E-state index contributed by atoms with van der Waals surface area (Å²) in [6.45, 7) is 4.41. The first-order chi connectivity index (χ1) is 7.15. The zero-order valence-corrected chi connectivity index (χ0v) is 10.1. The van der Waals surface area contributed by atoms with Crippen molar-refractivity contribution in [1.82, 2.24) is 4.98 Å². The quantitative estimate of drug-likeness (QED) is 0.804. The molecule has 0 saturated heterocycles. The number of anilines is 2. The predicted molar refractivity (Wildman–Crippen MR) is 66.6 cm³/mol. The van der Waals surface area contributed by atoms with Gasteiger partial charge in [0, 0.05) is 26.3 Å². The lowest BCUT2D eigenvalue weighted by Gasteiger charge is -2.20. The Kier molecular flexibility index (Phi) is 4.40. The van der Waals surface area contributed by atoms with Crippen LogP contribution in [-0.4, -0.2) is 25.1 Å². The minimum Gasteiger partial charge on any atom is -0.380 e. The number of nitrogens with one attached hydrogen (secondary N) is 1. The molecule has 0 fully saturated rings. The van der Waals surface area contributed by atoms with Crippen LogP contribution in [-0.2, 0) is 0 Å². The molecule has 1 unspecified atom stereocenters. The van der Waals surface area contributed by atoms with Crippen molar-refractivity contribution in [2.75, 3.05) is 24.3 Å². The zero-order valence-electron chi connectivity index (χ0n) is 10.1. The molecular weight excluding hydrogens is 186 g/mol. The molecule has 0 aromatic carbocycles. The smallest absolute Gasteiger partial charge is 0.151 e. The zero-order chi connectivity index (χ0) is 11.3. The van der Waals surface area contributed by atoms with Gasteiger partial charge in [0.1, 0.15) is 0 Å². The fourth-order valence-corrected chi connectivity index (χ4v) is 1.64. The number of pyridine rings is 1. The van der Waals surface area contributed by atoms with Gasteiger partial charge in [0.25, 0.3) is 0 Å². The van der Waals surface area contributed by atoms with Crippen LogP contribution < -0.4 is 10.2 Å². The van der Waals surface area contributed by atoms with Crippen LogP contribution in [0.1, 0.15) is 26.7 Å². The number of nitrogens with zero attached hydrogens (tertiary/aromatic N) is 2. The second kappa shape index (κ2) is 5.59. The molecule has 84 valence electrons. The van der Waals surface area contributed by atoms with Gasteiger partial charge in [-0.15, -0.1) is 0 Å². The van der Waals surface area contributed by atoms with Crippen molar-refractivity contribution in [2.24, 2.45) is 0 Å². The number of hydrogen-bond acceptors (Lipinski definition) is 3. The molecular formula is C12H21N3. The van der Waals surface area contributed by atoms with Gasteiger partial charge >= 0.3 is 0 Å². The lowest BCUT2D eigenvalue weighted by Crippen LogP contribution is -2.19. The first kappa shape index (κ1) is 11.8. The van der Waals surface area contributed by atoms with E-state index >= 15 is 0 Å². The highest BCUT2D eigenvalue weighted by atomic mass is 15.2. The molecule has 0 bridgehead atoms. The SMILES string of the molecule is CCCC(C)Nc1cccnc1N(C)C. The third-order valence-corrected chi connectivity index (χ3v) is 2.33. The summed E-state index contributed by atoms with van der Waals surface area (Å²) in [4.78, 5) is 6.38. The maximum Gasteiger partial charge on any atom is 0.151 e.